The molecule has 18 heavy (non-hydrogen) atoms. The van der Waals surface area contributed by atoms with Gasteiger partial charge in [0.05, 0.1) is 11.3 Å². The summed E-state index contributed by atoms with van der Waals surface area (Å²) in [5.41, 5.74) is 5.57. The molecule has 0 saturated heterocycles. The van der Waals surface area contributed by atoms with Crippen molar-refractivity contribution in [3.63, 3.8) is 0 Å². The third kappa shape index (κ3) is 4.34. The van der Waals surface area contributed by atoms with E-state index in [4.69, 9.17) is 10.8 Å². The molecule has 0 aliphatic rings. The Bertz CT molecular complexity index is 451. The van der Waals surface area contributed by atoms with Crippen LogP contribution in [0.3, 0.4) is 0 Å². The molecule has 0 atom stereocenters. The average molecular weight is 316 g/mol. The molecule has 2 amide bonds. The van der Waals surface area contributed by atoms with E-state index in [1.165, 1.54) is 12.1 Å². The molecular weight excluding hydrogens is 302 g/mol. The van der Waals surface area contributed by atoms with Crippen molar-refractivity contribution in [3.05, 3.63) is 28.2 Å². The second-order valence-electron chi connectivity index (χ2n) is 3.52. The zero-order chi connectivity index (χ0) is 13.5. The number of hydrogen-bond acceptors (Lipinski definition) is 3. The summed E-state index contributed by atoms with van der Waals surface area (Å²) in [5, 5.41) is 14.1. The molecule has 0 saturated carbocycles. The Kier molecular flexibility index (Phi) is 5.60. The fourth-order valence-electron chi connectivity index (χ4n) is 1.27. The first-order chi connectivity index (χ1) is 8.54. The van der Waals surface area contributed by atoms with E-state index in [0.29, 0.717) is 24.0 Å². The molecule has 0 fully saturated rings. The molecule has 5 N–H and O–H groups in total. The number of aromatic carboxylic acids is 1. The number of hydrogen-bond donors (Lipinski definition) is 4. The van der Waals surface area contributed by atoms with Crippen molar-refractivity contribution in [1.29, 1.82) is 0 Å². The van der Waals surface area contributed by atoms with Crippen molar-refractivity contribution < 1.29 is 14.7 Å². The number of rotatable bonds is 5. The second kappa shape index (κ2) is 6.97. The van der Waals surface area contributed by atoms with Crippen LogP contribution in [0.25, 0.3) is 0 Å². The van der Waals surface area contributed by atoms with Gasteiger partial charge in [-0.15, -0.1) is 0 Å². The minimum atomic E-state index is -1.10. The predicted molar refractivity (Wildman–Crippen MR) is 71.8 cm³/mol. The fraction of sp³-hybridized carbons (Fsp3) is 0.273. The lowest BCUT2D eigenvalue weighted by molar-refractivity contribution is 0.0698. The Hall–Kier alpha value is -1.60. The minimum Gasteiger partial charge on any atom is -0.478 e. The normalized spacial score (nSPS) is 9.89. The summed E-state index contributed by atoms with van der Waals surface area (Å²) in [4.78, 5) is 22.5. The van der Waals surface area contributed by atoms with Crippen LogP contribution in [-0.2, 0) is 0 Å². The van der Waals surface area contributed by atoms with Gasteiger partial charge in [0.1, 0.15) is 0 Å². The lowest BCUT2D eigenvalue weighted by Crippen LogP contribution is -2.31. The van der Waals surface area contributed by atoms with E-state index >= 15 is 0 Å². The molecule has 0 radical (unpaired) electrons. The standard InChI is InChI=1S/C11H14BrN3O3/c12-7-2-3-9(8(6-7)10(16)17)15-11(18)14-5-1-4-13/h2-3,6H,1,4-5,13H2,(H,16,17)(H2,14,15,18). The number of carboxylic acids is 1. The maximum absolute atomic E-state index is 11.5. The first kappa shape index (κ1) is 14.5. The largest absolute Gasteiger partial charge is 0.478 e. The number of benzene rings is 1. The zero-order valence-electron chi connectivity index (χ0n) is 9.57. The summed E-state index contributed by atoms with van der Waals surface area (Å²) in [6.07, 6.45) is 0.666. The molecule has 1 aromatic carbocycles. The lowest BCUT2D eigenvalue weighted by Gasteiger charge is -2.09. The quantitative estimate of drug-likeness (QED) is 0.620. The first-order valence-electron chi connectivity index (χ1n) is 5.32. The van der Waals surface area contributed by atoms with Crippen LogP contribution in [0.15, 0.2) is 22.7 Å². The molecule has 98 valence electrons. The van der Waals surface area contributed by atoms with Crippen LogP contribution in [0.5, 0.6) is 0 Å². The molecule has 7 heteroatoms. The maximum atomic E-state index is 11.5. The van der Waals surface area contributed by atoms with E-state index in [-0.39, 0.29) is 11.3 Å². The van der Waals surface area contributed by atoms with Gasteiger partial charge < -0.3 is 21.5 Å². The van der Waals surface area contributed by atoms with Gasteiger partial charge in [0.25, 0.3) is 0 Å². The van der Waals surface area contributed by atoms with Gasteiger partial charge >= 0.3 is 12.0 Å². The van der Waals surface area contributed by atoms with Crippen LogP contribution < -0.4 is 16.4 Å². The van der Waals surface area contributed by atoms with Crippen LogP contribution in [0.2, 0.25) is 0 Å². The summed E-state index contributed by atoms with van der Waals surface area (Å²) in [6, 6.07) is 4.16. The van der Waals surface area contributed by atoms with Crippen molar-refractivity contribution in [2.75, 3.05) is 18.4 Å². The highest BCUT2D eigenvalue weighted by Gasteiger charge is 2.12. The SMILES string of the molecule is NCCCNC(=O)Nc1ccc(Br)cc1C(=O)O. The maximum Gasteiger partial charge on any atom is 0.337 e. The first-order valence-corrected chi connectivity index (χ1v) is 6.11. The van der Waals surface area contributed by atoms with E-state index in [9.17, 15) is 9.59 Å². The number of nitrogens with two attached hydrogens (primary N) is 1. The number of urea groups is 1. The van der Waals surface area contributed by atoms with Crippen molar-refractivity contribution in [3.8, 4) is 0 Å². The van der Waals surface area contributed by atoms with Crippen LogP contribution in [0.1, 0.15) is 16.8 Å². The molecule has 6 nitrogen and oxygen atoms in total. The van der Waals surface area contributed by atoms with Crippen LogP contribution in [0, 0.1) is 0 Å². The van der Waals surface area contributed by atoms with Gasteiger partial charge in [-0.1, -0.05) is 15.9 Å². The number of nitrogens with one attached hydrogen (secondary N) is 2. The summed E-state index contributed by atoms with van der Waals surface area (Å²) < 4.78 is 0.633. The van der Waals surface area contributed by atoms with Gasteiger partial charge in [-0.05, 0) is 31.2 Å². The van der Waals surface area contributed by atoms with E-state index in [1.807, 2.05) is 0 Å². The monoisotopic (exact) mass is 315 g/mol. The van der Waals surface area contributed by atoms with Crippen LogP contribution in [-0.4, -0.2) is 30.2 Å². The van der Waals surface area contributed by atoms with E-state index in [1.54, 1.807) is 6.07 Å². The second-order valence-corrected chi connectivity index (χ2v) is 4.43. The highest BCUT2D eigenvalue weighted by Crippen LogP contribution is 2.21. The summed E-state index contributed by atoms with van der Waals surface area (Å²) in [5.74, 6) is -1.10. The van der Waals surface area contributed by atoms with Gasteiger partial charge in [0.2, 0.25) is 0 Å². The Morgan fingerprint density at radius 1 is 1.39 bits per heavy atom. The van der Waals surface area contributed by atoms with Gasteiger partial charge in [-0.2, -0.15) is 0 Å². The van der Waals surface area contributed by atoms with E-state index in [0.717, 1.165) is 0 Å². The third-order valence-electron chi connectivity index (χ3n) is 2.13. The predicted octanol–water partition coefficient (Wildman–Crippen LogP) is 1.62. The number of amides is 2. The van der Waals surface area contributed by atoms with Crippen molar-refractivity contribution in [2.24, 2.45) is 5.73 Å². The van der Waals surface area contributed by atoms with E-state index in [2.05, 4.69) is 26.6 Å². The number of anilines is 1. The number of halogens is 1. The van der Waals surface area contributed by atoms with Crippen molar-refractivity contribution in [2.45, 2.75) is 6.42 Å². The molecule has 0 aromatic heterocycles. The molecule has 0 spiro atoms. The Morgan fingerprint density at radius 3 is 2.72 bits per heavy atom. The van der Waals surface area contributed by atoms with E-state index < -0.39 is 12.0 Å². The van der Waals surface area contributed by atoms with Crippen molar-refractivity contribution >= 4 is 33.6 Å². The van der Waals surface area contributed by atoms with Crippen molar-refractivity contribution in [1.82, 2.24) is 5.32 Å². The average Bonchev–Trinajstić information content (AvgIpc) is 2.31. The molecule has 1 rings (SSSR count). The highest BCUT2D eigenvalue weighted by atomic mass is 79.9. The molecule has 1 aromatic rings. The third-order valence-corrected chi connectivity index (χ3v) is 2.62. The molecule has 0 aliphatic heterocycles. The molecule has 0 aliphatic carbocycles. The number of carboxylic acid groups (broad SMARTS) is 1. The van der Waals surface area contributed by atoms with Gasteiger partial charge in [0, 0.05) is 11.0 Å². The van der Waals surface area contributed by atoms with Gasteiger partial charge in [0.15, 0.2) is 0 Å². The van der Waals surface area contributed by atoms with Crippen LogP contribution in [0.4, 0.5) is 10.5 Å². The topological polar surface area (TPSA) is 104 Å². The van der Waals surface area contributed by atoms with Gasteiger partial charge in [-0.25, -0.2) is 9.59 Å². The smallest absolute Gasteiger partial charge is 0.337 e. The van der Waals surface area contributed by atoms with Crippen LogP contribution >= 0.6 is 15.9 Å². The summed E-state index contributed by atoms with van der Waals surface area (Å²) in [6.45, 7) is 0.931. The number of carbonyl (C=O) groups is 2. The Balaban J connectivity index is 2.72. The molecule has 0 heterocycles. The molecule has 0 unspecified atom stereocenters. The lowest BCUT2D eigenvalue weighted by atomic mass is 10.2. The zero-order valence-corrected chi connectivity index (χ0v) is 11.2. The molecule has 0 bridgehead atoms. The fourth-order valence-corrected chi connectivity index (χ4v) is 1.63. The minimum absolute atomic E-state index is 0.0262. The van der Waals surface area contributed by atoms with Gasteiger partial charge in [-0.3, -0.25) is 0 Å². The Morgan fingerprint density at radius 2 is 2.11 bits per heavy atom. The Labute approximate surface area is 113 Å². The summed E-state index contributed by atoms with van der Waals surface area (Å²) in [7, 11) is 0. The summed E-state index contributed by atoms with van der Waals surface area (Å²) >= 11 is 3.18. The highest BCUT2D eigenvalue weighted by molar-refractivity contribution is 9.10. The molecular formula is C11H14BrN3O3. The number of carbonyl (C=O) groups excluding carboxylic acids is 1.